The molecule has 0 bridgehead atoms. The van der Waals surface area contributed by atoms with Crippen molar-refractivity contribution >= 4 is 18.3 Å². The molecule has 102 valence electrons. The summed E-state index contributed by atoms with van der Waals surface area (Å²) in [7, 11) is 0. The number of halogens is 7. The second-order valence-electron chi connectivity index (χ2n) is 3.43. The Labute approximate surface area is 102 Å². The molecule has 9 heteroatoms. The maximum absolute atomic E-state index is 13.5. The summed E-state index contributed by atoms with van der Waals surface area (Å²) in [6.07, 6.45) is -12.3. The Bertz CT molecular complexity index is 437. The SMILES string of the molecule is Nc1ccc(C(F)(C(F)(F)F)C(F)(F)F)cc1S. The molecule has 0 aliphatic heterocycles. The van der Waals surface area contributed by atoms with Gasteiger partial charge in [0.1, 0.15) is 0 Å². The average Bonchev–Trinajstić information content (AvgIpc) is 2.17. The summed E-state index contributed by atoms with van der Waals surface area (Å²) in [5, 5.41) is 0. The van der Waals surface area contributed by atoms with Gasteiger partial charge < -0.3 is 5.73 Å². The molecule has 0 aliphatic rings. The van der Waals surface area contributed by atoms with Crippen molar-refractivity contribution < 1.29 is 30.7 Å². The van der Waals surface area contributed by atoms with Gasteiger partial charge in [0, 0.05) is 16.1 Å². The summed E-state index contributed by atoms with van der Waals surface area (Å²) >= 11 is 3.56. The Kier molecular flexibility index (Phi) is 3.50. The lowest BCUT2D eigenvalue weighted by Crippen LogP contribution is -2.50. The second kappa shape index (κ2) is 4.22. The third-order valence-corrected chi connectivity index (χ3v) is 2.60. The van der Waals surface area contributed by atoms with E-state index in [9.17, 15) is 30.7 Å². The maximum Gasteiger partial charge on any atom is 0.435 e. The third-order valence-electron chi connectivity index (χ3n) is 2.21. The van der Waals surface area contributed by atoms with Gasteiger partial charge in [0.25, 0.3) is 0 Å². The maximum atomic E-state index is 13.5. The molecule has 0 saturated carbocycles. The van der Waals surface area contributed by atoms with E-state index in [0.29, 0.717) is 12.1 Å². The highest BCUT2D eigenvalue weighted by Crippen LogP contribution is 2.53. The number of rotatable bonds is 1. The van der Waals surface area contributed by atoms with Crippen LogP contribution in [0.1, 0.15) is 5.56 Å². The van der Waals surface area contributed by atoms with E-state index in [1.807, 2.05) is 0 Å². The zero-order chi connectivity index (χ0) is 14.4. The molecule has 0 atom stereocenters. The number of anilines is 1. The van der Waals surface area contributed by atoms with Gasteiger partial charge in [-0.05, 0) is 12.1 Å². The van der Waals surface area contributed by atoms with Crippen molar-refractivity contribution in [1.29, 1.82) is 0 Å². The average molecular weight is 293 g/mol. The lowest BCUT2D eigenvalue weighted by molar-refractivity contribution is -0.348. The van der Waals surface area contributed by atoms with Gasteiger partial charge in [0.2, 0.25) is 0 Å². The van der Waals surface area contributed by atoms with E-state index in [2.05, 4.69) is 12.6 Å². The van der Waals surface area contributed by atoms with E-state index in [4.69, 9.17) is 5.73 Å². The minimum atomic E-state index is -6.14. The topological polar surface area (TPSA) is 26.0 Å². The van der Waals surface area contributed by atoms with Gasteiger partial charge in [-0.3, -0.25) is 0 Å². The molecule has 0 radical (unpaired) electrons. The van der Waals surface area contributed by atoms with E-state index in [1.165, 1.54) is 0 Å². The predicted octanol–water partition coefficient (Wildman–Crippen LogP) is 3.85. The molecular weight excluding hydrogens is 287 g/mol. The van der Waals surface area contributed by atoms with Crippen LogP contribution in [0, 0.1) is 0 Å². The summed E-state index contributed by atoms with van der Waals surface area (Å²) in [6.45, 7) is 0. The molecule has 1 aromatic rings. The van der Waals surface area contributed by atoms with Crippen molar-refractivity contribution in [2.45, 2.75) is 22.9 Å². The van der Waals surface area contributed by atoms with Gasteiger partial charge in [0.05, 0.1) is 0 Å². The molecule has 0 heterocycles. The van der Waals surface area contributed by atoms with Gasteiger partial charge >= 0.3 is 18.0 Å². The number of alkyl halides is 7. The number of thiol groups is 1. The number of hydrogen-bond acceptors (Lipinski definition) is 2. The van der Waals surface area contributed by atoms with Crippen LogP contribution in [0.15, 0.2) is 23.1 Å². The number of nitrogens with two attached hydrogens (primary N) is 1. The number of hydrogen-bond donors (Lipinski definition) is 2. The summed E-state index contributed by atoms with van der Waals surface area (Å²) in [5.74, 6) is 0. The van der Waals surface area contributed by atoms with Gasteiger partial charge in [0.15, 0.2) is 0 Å². The Balaban J connectivity index is 3.51. The molecule has 0 aliphatic carbocycles. The minimum Gasteiger partial charge on any atom is -0.398 e. The van der Waals surface area contributed by atoms with E-state index < -0.39 is 23.6 Å². The zero-order valence-corrected chi connectivity index (χ0v) is 9.30. The number of benzene rings is 1. The van der Waals surface area contributed by atoms with Gasteiger partial charge in [-0.15, -0.1) is 12.6 Å². The van der Waals surface area contributed by atoms with Crippen LogP contribution >= 0.6 is 12.6 Å². The molecular formula is C9H6F7NS. The van der Waals surface area contributed by atoms with Gasteiger partial charge in [-0.2, -0.15) is 26.3 Å². The smallest absolute Gasteiger partial charge is 0.398 e. The van der Waals surface area contributed by atoms with Crippen LogP contribution < -0.4 is 5.73 Å². The molecule has 0 aromatic heterocycles. The van der Waals surface area contributed by atoms with Crippen molar-refractivity contribution in [2.24, 2.45) is 0 Å². The third kappa shape index (κ3) is 2.23. The van der Waals surface area contributed by atoms with Crippen molar-refractivity contribution in [3.63, 3.8) is 0 Å². The monoisotopic (exact) mass is 293 g/mol. The molecule has 1 nitrogen and oxygen atoms in total. The lowest BCUT2D eigenvalue weighted by atomic mass is 9.94. The molecule has 0 unspecified atom stereocenters. The lowest BCUT2D eigenvalue weighted by Gasteiger charge is -2.30. The Hall–Kier alpha value is -1.12. The second-order valence-corrected chi connectivity index (χ2v) is 3.91. The van der Waals surface area contributed by atoms with Crippen LogP contribution in [0.25, 0.3) is 0 Å². The van der Waals surface area contributed by atoms with E-state index in [-0.39, 0.29) is 10.6 Å². The molecule has 2 N–H and O–H groups in total. The van der Waals surface area contributed by atoms with Gasteiger partial charge in [-0.25, -0.2) is 4.39 Å². The van der Waals surface area contributed by atoms with Crippen LogP contribution in [0.3, 0.4) is 0 Å². The largest absolute Gasteiger partial charge is 0.435 e. The highest BCUT2D eigenvalue weighted by molar-refractivity contribution is 7.80. The summed E-state index contributed by atoms with van der Waals surface area (Å²) < 4.78 is 87.7. The molecule has 1 aromatic carbocycles. The van der Waals surface area contributed by atoms with Crippen molar-refractivity contribution in [3.8, 4) is 0 Å². The molecule has 0 spiro atoms. The van der Waals surface area contributed by atoms with Crippen molar-refractivity contribution in [1.82, 2.24) is 0 Å². The van der Waals surface area contributed by atoms with Crippen LogP contribution in [-0.4, -0.2) is 12.4 Å². The highest BCUT2D eigenvalue weighted by atomic mass is 32.1. The zero-order valence-electron chi connectivity index (χ0n) is 8.40. The van der Waals surface area contributed by atoms with Crippen LogP contribution in [0.4, 0.5) is 36.4 Å². The fraction of sp³-hybridized carbons (Fsp3) is 0.333. The predicted molar refractivity (Wildman–Crippen MR) is 53.0 cm³/mol. The van der Waals surface area contributed by atoms with Gasteiger partial charge in [-0.1, -0.05) is 6.07 Å². The highest BCUT2D eigenvalue weighted by Gasteiger charge is 2.73. The molecule has 0 fully saturated rings. The fourth-order valence-electron chi connectivity index (χ4n) is 1.25. The Morgan fingerprint density at radius 2 is 1.33 bits per heavy atom. The molecule has 18 heavy (non-hydrogen) atoms. The minimum absolute atomic E-state index is 0.159. The summed E-state index contributed by atoms with van der Waals surface area (Å²) in [4.78, 5) is -0.372. The standard InChI is InChI=1S/C9H6F7NS/c10-7(8(11,12)13,9(14,15)16)4-1-2-5(17)6(18)3-4/h1-3,18H,17H2. The summed E-state index contributed by atoms with van der Waals surface area (Å²) in [6, 6.07) is 1.36. The normalized spacial score (nSPS) is 13.8. The van der Waals surface area contributed by atoms with Crippen molar-refractivity contribution in [3.05, 3.63) is 23.8 Å². The van der Waals surface area contributed by atoms with E-state index >= 15 is 0 Å². The first-order valence-electron chi connectivity index (χ1n) is 4.32. The van der Waals surface area contributed by atoms with Crippen molar-refractivity contribution in [2.75, 3.05) is 5.73 Å². The van der Waals surface area contributed by atoms with E-state index in [0.717, 1.165) is 6.07 Å². The Morgan fingerprint density at radius 3 is 1.67 bits per heavy atom. The Morgan fingerprint density at radius 1 is 0.889 bits per heavy atom. The first-order chi connectivity index (χ1) is 7.91. The first kappa shape index (κ1) is 14.9. The quantitative estimate of drug-likeness (QED) is 0.459. The van der Waals surface area contributed by atoms with Crippen LogP contribution in [0.5, 0.6) is 0 Å². The van der Waals surface area contributed by atoms with E-state index in [1.54, 1.807) is 0 Å². The molecule has 1 rings (SSSR count). The van der Waals surface area contributed by atoms with Crippen LogP contribution in [0.2, 0.25) is 0 Å². The molecule has 0 amide bonds. The fourth-order valence-corrected chi connectivity index (χ4v) is 1.46. The number of nitrogen functional groups attached to an aromatic ring is 1. The van der Waals surface area contributed by atoms with Crippen LogP contribution in [-0.2, 0) is 5.67 Å². The summed E-state index contributed by atoms with van der Waals surface area (Å²) in [5.41, 5.74) is -2.03. The first-order valence-corrected chi connectivity index (χ1v) is 4.77. The molecule has 0 saturated heterocycles.